The molecule has 0 aromatic heterocycles. The highest BCUT2D eigenvalue weighted by Crippen LogP contribution is 2.17. The van der Waals surface area contributed by atoms with Gasteiger partial charge >= 0.3 is 6.03 Å². The van der Waals surface area contributed by atoms with E-state index in [2.05, 4.69) is 10.6 Å². The predicted octanol–water partition coefficient (Wildman–Crippen LogP) is 5.10. The van der Waals surface area contributed by atoms with Gasteiger partial charge in [0.2, 0.25) is 0 Å². The van der Waals surface area contributed by atoms with Crippen molar-refractivity contribution in [3.8, 4) is 5.75 Å². The molecule has 0 spiro atoms. The quantitative estimate of drug-likeness (QED) is 0.530. The zero-order valence-corrected chi connectivity index (χ0v) is 17.9. The molecule has 0 radical (unpaired) electrons. The number of anilines is 1. The summed E-state index contributed by atoms with van der Waals surface area (Å²) in [5.41, 5.74) is 2.51. The lowest BCUT2D eigenvalue weighted by atomic mass is 10.2. The lowest BCUT2D eigenvalue weighted by Crippen LogP contribution is -2.28. The van der Waals surface area contributed by atoms with Crippen LogP contribution < -0.4 is 15.4 Å². The van der Waals surface area contributed by atoms with E-state index in [4.69, 9.17) is 4.74 Å². The fraction of sp³-hybridized carbons (Fsp3) is 0.208. The van der Waals surface area contributed by atoms with Crippen LogP contribution in [0.1, 0.15) is 25.0 Å². The largest absolute Gasteiger partial charge is 0.491 e. The maximum absolute atomic E-state index is 12.5. The summed E-state index contributed by atoms with van der Waals surface area (Å²) in [6.45, 7) is 4.34. The van der Waals surface area contributed by atoms with E-state index in [-0.39, 0.29) is 12.1 Å². The molecule has 1 unspecified atom stereocenters. The van der Waals surface area contributed by atoms with Gasteiger partial charge < -0.3 is 15.4 Å². The molecule has 30 heavy (non-hydrogen) atoms. The SMILES string of the molecule is CC(C)Oc1cccc(CNC(=O)Nc2cccc(CS(=O)c3ccccc3)c2)c1. The van der Waals surface area contributed by atoms with E-state index in [1.54, 1.807) is 0 Å². The van der Waals surface area contributed by atoms with Crippen molar-refractivity contribution >= 4 is 22.5 Å². The molecule has 2 N–H and O–H groups in total. The number of ether oxygens (including phenoxy) is 1. The summed E-state index contributed by atoms with van der Waals surface area (Å²) in [5, 5.41) is 5.68. The van der Waals surface area contributed by atoms with Crippen LogP contribution in [-0.4, -0.2) is 16.3 Å². The number of hydrogen-bond donors (Lipinski definition) is 2. The lowest BCUT2D eigenvalue weighted by molar-refractivity contribution is 0.242. The summed E-state index contributed by atoms with van der Waals surface area (Å²) >= 11 is 0. The molecule has 0 aliphatic heterocycles. The van der Waals surface area contributed by atoms with Crippen molar-refractivity contribution in [2.24, 2.45) is 0 Å². The van der Waals surface area contributed by atoms with Crippen molar-refractivity contribution in [1.82, 2.24) is 5.32 Å². The second-order valence-corrected chi connectivity index (χ2v) is 8.58. The lowest BCUT2D eigenvalue weighted by Gasteiger charge is -2.12. The van der Waals surface area contributed by atoms with Crippen LogP contribution >= 0.6 is 0 Å². The van der Waals surface area contributed by atoms with Gasteiger partial charge in [-0.05, 0) is 61.4 Å². The highest BCUT2D eigenvalue weighted by molar-refractivity contribution is 7.84. The Morgan fingerprint density at radius 2 is 1.67 bits per heavy atom. The molecule has 0 aliphatic carbocycles. The monoisotopic (exact) mass is 422 g/mol. The standard InChI is InChI=1S/C24H26N2O3S/c1-18(2)29-22-11-7-8-19(15-22)16-25-24(27)26-21-10-6-9-20(14-21)17-30(28)23-12-4-3-5-13-23/h3-15,18H,16-17H2,1-2H3,(H2,25,26,27). The van der Waals surface area contributed by atoms with E-state index in [9.17, 15) is 9.00 Å². The average Bonchev–Trinajstić information content (AvgIpc) is 2.73. The number of amides is 2. The molecule has 2 amide bonds. The predicted molar refractivity (Wildman–Crippen MR) is 121 cm³/mol. The highest BCUT2D eigenvalue weighted by atomic mass is 32.2. The second kappa shape index (κ2) is 10.6. The smallest absolute Gasteiger partial charge is 0.319 e. The Labute approximate surface area is 179 Å². The third-order valence-corrected chi connectivity index (χ3v) is 5.61. The summed E-state index contributed by atoms with van der Waals surface area (Å²) in [6, 6.07) is 24.1. The second-order valence-electron chi connectivity index (χ2n) is 7.12. The van der Waals surface area contributed by atoms with Gasteiger partial charge in [-0.3, -0.25) is 4.21 Å². The van der Waals surface area contributed by atoms with Crippen molar-refractivity contribution in [1.29, 1.82) is 0 Å². The fourth-order valence-corrected chi connectivity index (χ4v) is 4.01. The Hall–Kier alpha value is -3.12. The molecular weight excluding hydrogens is 396 g/mol. The maximum atomic E-state index is 12.5. The van der Waals surface area contributed by atoms with Crippen molar-refractivity contribution in [2.75, 3.05) is 5.32 Å². The first-order chi connectivity index (χ1) is 14.5. The summed E-state index contributed by atoms with van der Waals surface area (Å²) in [5.74, 6) is 1.17. The van der Waals surface area contributed by atoms with Crippen LogP contribution in [0.15, 0.2) is 83.8 Å². The fourth-order valence-electron chi connectivity index (χ4n) is 2.90. The first kappa shape index (κ1) is 21.6. The van der Waals surface area contributed by atoms with Gasteiger partial charge in [0.05, 0.1) is 22.7 Å². The number of benzene rings is 3. The minimum Gasteiger partial charge on any atom is -0.491 e. The summed E-state index contributed by atoms with van der Waals surface area (Å²) in [4.78, 5) is 13.1. The number of carbonyl (C=O) groups excluding carboxylic acids is 1. The molecule has 1 atom stereocenters. The molecule has 0 aliphatic rings. The van der Waals surface area contributed by atoms with Crippen LogP contribution in [0.25, 0.3) is 0 Å². The van der Waals surface area contributed by atoms with Crippen molar-refractivity contribution in [3.05, 3.63) is 90.0 Å². The Bertz CT molecular complexity index is 1010. The van der Waals surface area contributed by atoms with Gasteiger partial charge in [-0.15, -0.1) is 0 Å². The van der Waals surface area contributed by atoms with Crippen LogP contribution in [0.5, 0.6) is 5.75 Å². The van der Waals surface area contributed by atoms with Crippen LogP contribution in [-0.2, 0) is 23.1 Å². The molecule has 6 heteroatoms. The van der Waals surface area contributed by atoms with Gasteiger partial charge in [0.1, 0.15) is 5.75 Å². The number of hydrogen-bond acceptors (Lipinski definition) is 3. The van der Waals surface area contributed by atoms with Crippen LogP contribution in [0.3, 0.4) is 0 Å². The molecular formula is C24H26N2O3S. The molecule has 5 nitrogen and oxygen atoms in total. The van der Waals surface area contributed by atoms with Gasteiger partial charge in [0.25, 0.3) is 0 Å². The molecule has 0 heterocycles. The molecule has 0 saturated heterocycles. The van der Waals surface area contributed by atoms with Gasteiger partial charge in [-0.25, -0.2) is 4.79 Å². The average molecular weight is 423 g/mol. The van der Waals surface area contributed by atoms with Gasteiger partial charge in [-0.2, -0.15) is 0 Å². The zero-order chi connectivity index (χ0) is 21.3. The molecule has 156 valence electrons. The molecule has 0 saturated carbocycles. The maximum Gasteiger partial charge on any atom is 0.319 e. The molecule has 3 rings (SSSR count). The van der Waals surface area contributed by atoms with E-state index in [0.29, 0.717) is 18.0 Å². The van der Waals surface area contributed by atoms with E-state index in [1.165, 1.54) is 0 Å². The van der Waals surface area contributed by atoms with E-state index in [1.807, 2.05) is 92.7 Å². The third kappa shape index (κ3) is 6.74. The number of urea groups is 1. The van der Waals surface area contributed by atoms with Crippen LogP contribution in [0.2, 0.25) is 0 Å². The summed E-state index contributed by atoms with van der Waals surface area (Å²) < 4.78 is 18.2. The summed E-state index contributed by atoms with van der Waals surface area (Å²) in [6.07, 6.45) is 0.0972. The first-order valence-electron chi connectivity index (χ1n) is 9.82. The van der Waals surface area contributed by atoms with Crippen molar-refractivity contribution in [3.63, 3.8) is 0 Å². The topological polar surface area (TPSA) is 67.4 Å². The Balaban J connectivity index is 1.54. The summed E-state index contributed by atoms with van der Waals surface area (Å²) in [7, 11) is -1.13. The molecule has 0 bridgehead atoms. The minimum absolute atomic E-state index is 0.0972. The molecule has 3 aromatic rings. The van der Waals surface area contributed by atoms with Crippen LogP contribution in [0.4, 0.5) is 10.5 Å². The number of nitrogens with one attached hydrogen (secondary N) is 2. The van der Waals surface area contributed by atoms with Crippen LogP contribution in [0, 0.1) is 0 Å². The van der Waals surface area contributed by atoms with Gasteiger partial charge in [0.15, 0.2) is 0 Å². The molecule has 3 aromatic carbocycles. The number of carbonyl (C=O) groups is 1. The van der Waals surface area contributed by atoms with E-state index >= 15 is 0 Å². The van der Waals surface area contributed by atoms with Gasteiger partial charge in [0, 0.05) is 17.1 Å². The Kier molecular flexibility index (Phi) is 7.63. The van der Waals surface area contributed by atoms with Crippen molar-refractivity contribution < 1.29 is 13.7 Å². The van der Waals surface area contributed by atoms with E-state index in [0.717, 1.165) is 21.8 Å². The van der Waals surface area contributed by atoms with E-state index < -0.39 is 10.8 Å². The van der Waals surface area contributed by atoms with Gasteiger partial charge in [-0.1, -0.05) is 42.5 Å². The normalized spacial score (nSPS) is 11.7. The molecule has 0 fully saturated rings. The Morgan fingerprint density at radius 1 is 0.933 bits per heavy atom. The highest BCUT2D eigenvalue weighted by Gasteiger charge is 2.07. The Morgan fingerprint density at radius 3 is 2.43 bits per heavy atom. The van der Waals surface area contributed by atoms with Crippen molar-refractivity contribution in [2.45, 2.75) is 37.1 Å². The zero-order valence-electron chi connectivity index (χ0n) is 17.1. The third-order valence-electron chi connectivity index (χ3n) is 4.21. The number of rotatable bonds is 8. The minimum atomic E-state index is -1.13. The first-order valence-corrected chi connectivity index (χ1v) is 11.1.